The number of hydrogen-bond donors (Lipinski definition) is 1. The van der Waals surface area contributed by atoms with E-state index in [9.17, 15) is 0 Å². The lowest BCUT2D eigenvalue weighted by atomic mass is 9.85. The number of rotatable bonds is 4. The second kappa shape index (κ2) is 7.07. The standard InChI is InChI=1S/C17H26N2S/c1-7-8-9-14-15(10-12(2)17(4,5)6)13(3)18-19-16(14)11-20/h8-10,20H,7,11H2,1-6H3/b9-8-,12-10+. The normalized spacial score (nSPS) is 13.2. The van der Waals surface area contributed by atoms with Gasteiger partial charge in [-0.2, -0.15) is 22.8 Å². The monoisotopic (exact) mass is 290 g/mol. The van der Waals surface area contributed by atoms with Gasteiger partial charge < -0.3 is 0 Å². The SMILES string of the molecule is CC/C=C\c1c(CS)nnc(C)c1/C=C(\C)C(C)(C)C. The molecule has 0 aliphatic carbocycles. The minimum atomic E-state index is 0.155. The lowest BCUT2D eigenvalue weighted by Crippen LogP contribution is -2.08. The summed E-state index contributed by atoms with van der Waals surface area (Å²) in [4.78, 5) is 0. The molecule has 0 saturated carbocycles. The predicted molar refractivity (Wildman–Crippen MR) is 91.9 cm³/mol. The topological polar surface area (TPSA) is 25.8 Å². The molecule has 3 heteroatoms. The van der Waals surface area contributed by atoms with Crippen LogP contribution in [-0.4, -0.2) is 10.2 Å². The average molecular weight is 290 g/mol. The van der Waals surface area contributed by atoms with Gasteiger partial charge in [-0.15, -0.1) is 0 Å². The summed E-state index contributed by atoms with van der Waals surface area (Å²) in [6.45, 7) is 13.0. The van der Waals surface area contributed by atoms with Crippen molar-refractivity contribution in [3.63, 3.8) is 0 Å². The maximum Gasteiger partial charge on any atom is 0.0805 e. The van der Waals surface area contributed by atoms with E-state index >= 15 is 0 Å². The second-order valence-corrected chi connectivity index (χ2v) is 6.42. The maximum atomic E-state index is 4.37. The first-order valence-corrected chi connectivity index (χ1v) is 7.76. The van der Waals surface area contributed by atoms with E-state index in [0.29, 0.717) is 5.75 Å². The fraction of sp³-hybridized carbons (Fsp3) is 0.529. The third-order valence-electron chi connectivity index (χ3n) is 3.53. The van der Waals surface area contributed by atoms with Crippen molar-refractivity contribution in [2.45, 2.75) is 53.7 Å². The lowest BCUT2D eigenvalue weighted by Gasteiger charge is -2.20. The Morgan fingerprint density at radius 2 is 1.85 bits per heavy atom. The smallest absolute Gasteiger partial charge is 0.0805 e. The van der Waals surface area contributed by atoms with E-state index in [4.69, 9.17) is 0 Å². The predicted octanol–water partition coefficient (Wildman–Crippen LogP) is 5.09. The minimum Gasteiger partial charge on any atom is -0.173 e. The van der Waals surface area contributed by atoms with Crippen molar-refractivity contribution in [2.75, 3.05) is 0 Å². The Balaban J connectivity index is 3.47. The van der Waals surface area contributed by atoms with Crippen molar-refractivity contribution in [2.24, 2.45) is 5.41 Å². The molecule has 0 spiro atoms. The highest BCUT2D eigenvalue weighted by molar-refractivity contribution is 7.79. The van der Waals surface area contributed by atoms with Gasteiger partial charge in [-0.1, -0.05) is 51.5 Å². The van der Waals surface area contributed by atoms with Crippen LogP contribution >= 0.6 is 12.6 Å². The first-order chi connectivity index (χ1) is 9.31. The molecular formula is C17H26N2S. The summed E-state index contributed by atoms with van der Waals surface area (Å²) >= 11 is 4.37. The summed E-state index contributed by atoms with van der Waals surface area (Å²) in [7, 11) is 0. The number of aryl methyl sites for hydroxylation is 1. The molecule has 0 unspecified atom stereocenters. The second-order valence-electron chi connectivity index (χ2n) is 6.11. The molecule has 1 aromatic heterocycles. The van der Waals surface area contributed by atoms with Crippen LogP contribution in [-0.2, 0) is 5.75 Å². The van der Waals surface area contributed by atoms with E-state index in [-0.39, 0.29) is 5.41 Å². The van der Waals surface area contributed by atoms with Gasteiger partial charge in [0, 0.05) is 16.9 Å². The van der Waals surface area contributed by atoms with Crippen molar-refractivity contribution in [3.8, 4) is 0 Å². The highest BCUT2D eigenvalue weighted by atomic mass is 32.1. The molecule has 110 valence electrons. The molecular weight excluding hydrogens is 264 g/mol. The van der Waals surface area contributed by atoms with E-state index in [1.54, 1.807) is 0 Å². The van der Waals surface area contributed by atoms with Gasteiger partial charge in [0.25, 0.3) is 0 Å². The molecule has 2 nitrogen and oxygen atoms in total. The third kappa shape index (κ3) is 4.20. The molecule has 0 N–H and O–H groups in total. The van der Waals surface area contributed by atoms with Crippen molar-refractivity contribution in [1.29, 1.82) is 0 Å². The molecule has 0 amide bonds. The van der Waals surface area contributed by atoms with E-state index in [1.165, 1.54) is 11.1 Å². The van der Waals surface area contributed by atoms with Gasteiger partial charge in [0.05, 0.1) is 11.4 Å². The Morgan fingerprint density at radius 3 is 2.35 bits per heavy atom. The van der Waals surface area contributed by atoms with Crippen LogP contribution in [0.3, 0.4) is 0 Å². The number of allylic oxidation sites excluding steroid dienone is 2. The molecule has 0 saturated heterocycles. The molecule has 20 heavy (non-hydrogen) atoms. The van der Waals surface area contributed by atoms with Crippen LogP contribution in [0.5, 0.6) is 0 Å². The largest absolute Gasteiger partial charge is 0.173 e. The minimum absolute atomic E-state index is 0.155. The Hall–Kier alpha value is -1.09. The molecule has 0 bridgehead atoms. The molecule has 0 aliphatic heterocycles. The zero-order valence-electron chi connectivity index (χ0n) is 13.5. The van der Waals surface area contributed by atoms with Crippen molar-refractivity contribution in [3.05, 3.63) is 34.2 Å². The molecule has 0 atom stereocenters. The molecule has 1 rings (SSSR count). The van der Waals surface area contributed by atoms with Crippen LogP contribution in [0, 0.1) is 12.3 Å². The summed E-state index contributed by atoms with van der Waals surface area (Å²) in [5.74, 6) is 0.603. The average Bonchev–Trinajstić information content (AvgIpc) is 2.38. The maximum absolute atomic E-state index is 4.37. The van der Waals surface area contributed by atoms with Crippen LogP contribution < -0.4 is 0 Å². The third-order valence-corrected chi connectivity index (χ3v) is 3.82. The lowest BCUT2D eigenvalue weighted by molar-refractivity contribution is 0.508. The van der Waals surface area contributed by atoms with Crippen LogP contribution in [0.1, 0.15) is 63.6 Å². The first-order valence-electron chi connectivity index (χ1n) is 7.13. The van der Waals surface area contributed by atoms with Gasteiger partial charge in [0.15, 0.2) is 0 Å². The van der Waals surface area contributed by atoms with Crippen molar-refractivity contribution >= 4 is 24.8 Å². The molecule has 0 radical (unpaired) electrons. The van der Waals surface area contributed by atoms with Gasteiger partial charge in [0.2, 0.25) is 0 Å². The summed E-state index contributed by atoms with van der Waals surface area (Å²) in [5.41, 5.74) is 5.72. The summed E-state index contributed by atoms with van der Waals surface area (Å²) in [6.07, 6.45) is 7.56. The van der Waals surface area contributed by atoms with Crippen LogP contribution in [0.15, 0.2) is 11.6 Å². The number of aromatic nitrogens is 2. The first kappa shape index (κ1) is 17.0. The molecule has 1 heterocycles. The van der Waals surface area contributed by atoms with Crippen LogP contribution in [0.2, 0.25) is 0 Å². The van der Waals surface area contributed by atoms with E-state index in [1.807, 2.05) is 6.92 Å². The van der Waals surface area contributed by atoms with E-state index in [0.717, 1.165) is 23.4 Å². The molecule has 0 aliphatic rings. The van der Waals surface area contributed by atoms with Crippen molar-refractivity contribution in [1.82, 2.24) is 10.2 Å². The van der Waals surface area contributed by atoms with E-state index < -0.39 is 0 Å². The Kier molecular flexibility index (Phi) is 6.00. The highest BCUT2D eigenvalue weighted by Gasteiger charge is 2.15. The van der Waals surface area contributed by atoms with E-state index in [2.05, 4.69) is 75.7 Å². The molecule has 0 fully saturated rings. The fourth-order valence-electron chi connectivity index (χ4n) is 1.75. The van der Waals surface area contributed by atoms with Gasteiger partial charge in [-0.25, -0.2) is 0 Å². The molecule has 0 aromatic carbocycles. The Morgan fingerprint density at radius 1 is 1.20 bits per heavy atom. The Bertz CT molecular complexity index is 523. The van der Waals surface area contributed by atoms with Gasteiger partial charge >= 0.3 is 0 Å². The summed E-state index contributed by atoms with van der Waals surface area (Å²) in [6, 6.07) is 0. The fourth-order valence-corrected chi connectivity index (χ4v) is 1.98. The van der Waals surface area contributed by atoms with Gasteiger partial charge in [-0.05, 0) is 25.7 Å². The summed E-state index contributed by atoms with van der Waals surface area (Å²) < 4.78 is 0. The molecule has 1 aromatic rings. The summed E-state index contributed by atoms with van der Waals surface area (Å²) in [5, 5.41) is 8.55. The Labute approximate surface area is 128 Å². The van der Waals surface area contributed by atoms with Crippen LogP contribution in [0.4, 0.5) is 0 Å². The number of thiol groups is 1. The van der Waals surface area contributed by atoms with Gasteiger partial charge in [0.1, 0.15) is 0 Å². The quantitative estimate of drug-likeness (QED) is 0.782. The number of hydrogen-bond acceptors (Lipinski definition) is 3. The van der Waals surface area contributed by atoms with Gasteiger partial charge in [-0.3, -0.25) is 0 Å². The highest BCUT2D eigenvalue weighted by Crippen LogP contribution is 2.29. The zero-order valence-corrected chi connectivity index (χ0v) is 14.4. The van der Waals surface area contributed by atoms with Crippen molar-refractivity contribution < 1.29 is 0 Å². The number of nitrogens with zero attached hydrogens (tertiary/aromatic N) is 2. The zero-order chi connectivity index (χ0) is 15.3. The van der Waals surface area contributed by atoms with Crippen LogP contribution in [0.25, 0.3) is 12.2 Å².